The second-order valence-electron chi connectivity index (χ2n) is 5.86. The number of piperidine rings is 1. The molecule has 7 nitrogen and oxygen atoms in total. The molecule has 0 saturated carbocycles. The molecule has 2 rings (SSSR count). The Labute approximate surface area is 130 Å². The third-order valence-corrected chi connectivity index (χ3v) is 4.07. The Kier molecular flexibility index (Phi) is 5.43. The van der Waals surface area contributed by atoms with Crippen LogP contribution in [-0.4, -0.2) is 55.5 Å². The zero-order valence-electron chi connectivity index (χ0n) is 13.1. The first-order chi connectivity index (χ1) is 10.5. The van der Waals surface area contributed by atoms with Gasteiger partial charge in [0.05, 0.1) is 18.2 Å². The number of primary amides is 1. The van der Waals surface area contributed by atoms with Crippen molar-refractivity contribution in [1.29, 1.82) is 0 Å². The Balaban J connectivity index is 1.89. The van der Waals surface area contributed by atoms with Crippen LogP contribution in [-0.2, 0) is 4.79 Å². The van der Waals surface area contributed by atoms with Crippen molar-refractivity contribution in [2.24, 2.45) is 11.7 Å². The molecule has 0 unspecified atom stereocenters. The summed E-state index contributed by atoms with van der Waals surface area (Å²) in [5, 5.41) is 2.96. The number of nitrogens with one attached hydrogen (secondary N) is 1. The SMILES string of the molecule is CN(C)[C@@H](CNC(=O)[C@@H]1CCCN(C(N)=O)C1)c1ccco1. The molecule has 0 aromatic carbocycles. The van der Waals surface area contributed by atoms with Crippen LogP contribution in [0.5, 0.6) is 0 Å². The predicted octanol–water partition coefficient (Wildman–Crippen LogP) is 0.789. The van der Waals surface area contributed by atoms with Crippen LogP contribution in [0.2, 0.25) is 0 Å². The lowest BCUT2D eigenvalue weighted by Crippen LogP contribution is -2.48. The summed E-state index contributed by atoms with van der Waals surface area (Å²) in [6, 6.07) is 3.25. The molecule has 122 valence electrons. The van der Waals surface area contributed by atoms with E-state index >= 15 is 0 Å². The molecule has 0 radical (unpaired) electrons. The van der Waals surface area contributed by atoms with Gasteiger partial charge in [0.2, 0.25) is 5.91 Å². The lowest BCUT2D eigenvalue weighted by atomic mass is 9.97. The van der Waals surface area contributed by atoms with Crippen molar-refractivity contribution in [3.63, 3.8) is 0 Å². The highest BCUT2D eigenvalue weighted by Crippen LogP contribution is 2.19. The first kappa shape index (κ1) is 16.4. The summed E-state index contributed by atoms with van der Waals surface area (Å²) in [6.07, 6.45) is 3.21. The normalized spacial score (nSPS) is 20.0. The summed E-state index contributed by atoms with van der Waals surface area (Å²) in [5.74, 6) is 0.581. The van der Waals surface area contributed by atoms with Crippen molar-refractivity contribution in [3.05, 3.63) is 24.2 Å². The van der Waals surface area contributed by atoms with E-state index in [1.165, 1.54) is 4.90 Å². The molecule has 1 fully saturated rings. The van der Waals surface area contributed by atoms with Crippen LogP contribution in [0.1, 0.15) is 24.6 Å². The van der Waals surface area contributed by atoms with E-state index in [4.69, 9.17) is 10.2 Å². The van der Waals surface area contributed by atoms with Crippen molar-refractivity contribution in [3.8, 4) is 0 Å². The van der Waals surface area contributed by atoms with E-state index in [0.29, 0.717) is 19.6 Å². The van der Waals surface area contributed by atoms with Crippen molar-refractivity contribution in [2.75, 3.05) is 33.7 Å². The molecule has 1 aromatic rings. The Hall–Kier alpha value is -2.02. The van der Waals surface area contributed by atoms with Gasteiger partial charge in [-0.1, -0.05) is 0 Å². The van der Waals surface area contributed by atoms with Crippen molar-refractivity contribution < 1.29 is 14.0 Å². The third kappa shape index (κ3) is 4.00. The molecule has 0 bridgehead atoms. The van der Waals surface area contributed by atoms with Gasteiger partial charge >= 0.3 is 6.03 Å². The fraction of sp³-hybridized carbons (Fsp3) is 0.600. The Morgan fingerprint density at radius 3 is 2.91 bits per heavy atom. The molecule has 3 amide bonds. The zero-order chi connectivity index (χ0) is 16.1. The number of urea groups is 1. The summed E-state index contributed by atoms with van der Waals surface area (Å²) < 4.78 is 5.42. The zero-order valence-corrected chi connectivity index (χ0v) is 13.1. The van der Waals surface area contributed by atoms with Crippen molar-refractivity contribution in [2.45, 2.75) is 18.9 Å². The average molecular weight is 308 g/mol. The topological polar surface area (TPSA) is 91.8 Å². The van der Waals surface area contributed by atoms with Crippen LogP contribution < -0.4 is 11.1 Å². The minimum Gasteiger partial charge on any atom is -0.468 e. The molecule has 1 aliphatic rings. The minimum atomic E-state index is -0.459. The minimum absolute atomic E-state index is 0.0187. The molecule has 1 aliphatic heterocycles. The molecule has 0 aliphatic carbocycles. The van der Waals surface area contributed by atoms with E-state index in [2.05, 4.69) is 5.32 Å². The summed E-state index contributed by atoms with van der Waals surface area (Å²) in [5.41, 5.74) is 5.29. The maximum absolute atomic E-state index is 12.3. The van der Waals surface area contributed by atoms with Gasteiger partial charge in [0.15, 0.2) is 0 Å². The monoisotopic (exact) mass is 308 g/mol. The van der Waals surface area contributed by atoms with Crippen LogP contribution in [0.3, 0.4) is 0 Å². The summed E-state index contributed by atoms with van der Waals surface area (Å²) >= 11 is 0. The van der Waals surface area contributed by atoms with Gasteiger partial charge in [0.1, 0.15) is 5.76 Å². The van der Waals surface area contributed by atoms with E-state index in [1.807, 2.05) is 31.1 Å². The van der Waals surface area contributed by atoms with Gasteiger partial charge in [-0.05, 0) is 39.1 Å². The number of nitrogens with zero attached hydrogens (tertiary/aromatic N) is 2. The molecular formula is C15H24N4O3. The van der Waals surface area contributed by atoms with Crippen LogP contribution in [0, 0.1) is 5.92 Å². The number of likely N-dealkylation sites (tertiary alicyclic amines) is 1. The highest BCUT2D eigenvalue weighted by Gasteiger charge is 2.28. The van der Waals surface area contributed by atoms with E-state index in [0.717, 1.165) is 18.6 Å². The highest BCUT2D eigenvalue weighted by molar-refractivity contribution is 5.80. The van der Waals surface area contributed by atoms with Crippen LogP contribution in [0.4, 0.5) is 4.79 Å². The fourth-order valence-corrected chi connectivity index (χ4v) is 2.75. The Morgan fingerprint density at radius 1 is 1.55 bits per heavy atom. The van der Waals surface area contributed by atoms with Crippen molar-refractivity contribution >= 4 is 11.9 Å². The lowest BCUT2D eigenvalue weighted by molar-refractivity contribution is -0.126. The number of hydrogen-bond acceptors (Lipinski definition) is 4. The quantitative estimate of drug-likeness (QED) is 0.841. The number of hydrogen-bond donors (Lipinski definition) is 2. The number of carbonyl (C=O) groups is 2. The summed E-state index contributed by atoms with van der Waals surface area (Å²) in [6.45, 7) is 1.49. The van der Waals surface area contributed by atoms with E-state index in [1.54, 1.807) is 6.26 Å². The smallest absolute Gasteiger partial charge is 0.314 e. The maximum atomic E-state index is 12.3. The Bertz CT molecular complexity index is 501. The molecule has 22 heavy (non-hydrogen) atoms. The largest absolute Gasteiger partial charge is 0.468 e. The Morgan fingerprint density at radius 2 is 2.32 bits per heavy atom. The van der Waals surface area contributed by atoms with Gasteiger partial charge in [-0.25, -0.2) is 4.79 Å². The fourth-order valence-electron chi connectivity index (χ4n) is 2.75. The second-order valence-corrected chi connectivity index (χ2v) is 5.86. The predicted molar refractivity (Wildman–Crippen MR) is 82.0 cm³/mol. The number of rotatable bonds is 5. The summed E-state index contributed by atoms with van der Waals surface area (Å²) in [4.78, 5) is 27.1. The average Bonchev–Trinajstić information content (AvgIpc) is 3.01. The summed E-state index contributed by atoms with van der Waals surface area (Å²) in [7, 11) is 3.88. The van der Waals surface area contributed by atoms with Gasteiger partial charge in [-0.15, -0.1) is 0 Å². The first-order valence-electron chi connectivity index (χ1n) is 7.51. The van der Waals surface area contributed by atoms with E-state index < -0.39 is 6.03 Å². The van der Waals surface area contributed by atoms with Gasteiger partial charge in [-0.2, -0.15) is 0 Å². The van der Waals surface area contributed by atoms with Gasteiger partial charge in [0.25, 0.3) is 0 Å². The molecule has 2 atom stereocenters. The molecule has 3 N–H and O–H groups in total. The molecule has 1 aromatic heterocycles. The molecule has 1 saturated heterocycles. The van der Waals surface area contributed by atoms with E-state index in [-0.39, 0.29) is 17.9 Å². The van der Waals surface area contributed by atoms with Gasteiger partial charge < -0.3 is 20.4 Å². The third-order valence-electron chi connectivity index (χ3n) is 4.07. The lowest BCUT2D eigenvalue weighted by Gasteiger charge is -2.31. The van der Waals surface area contributed by atoms with E-state index in [9.17, 15) is 9.59 Å². The standard InChI is InChI=1S/C15H24N4O3/c1-18(2)12(13-6-4-8-22-13)9-17-14(20)11-5-3-7-19(10-11)15(16)21/h4,6,8,11-12H,3,5,7,9-10H2,1-2H3,(H2,16,21)(H,17,20)/t11-,12+/m1/s1. The number of carbonyl (C=O) groups excluding carboxylic acids is 2. The number of furan rings is 1. The maximum Gasteiger partial charge on any atom is 0.314 e. The van der Waals surface area contributed by atoms with Gasteiger partial charge in [-0.3, -0.25) is 9.69 Å². The van der Waals surface area contributed by atoms with Crippen LogP contribution >= 0.6 is 0 Å². The highest BCUT2D eigenvalue weighted by atomic mass is 16.3. The van der Waals surface area contributed by atoms with Crippen molar-refractivity contribution in [1.82, 2.24) is 15.1 Å². The molecule has 2 heterocycles. The molecule has 0 spiro atoms. The number of nitrogens with two attached hydrogens (primary N) is 1. The van der Waals surface area contributed by atoms with Crippen LogP contribution in [0.15, 0.2) is 22.8 Å². The molecular weight excluding hydrogens is 284 g/mol. The first-order valence-corrected chi connectivity index (χ1v) is 7.51. The number of likely N-dealkylation sites (N-methyl/N-ethyl adjacent to an activating group) is 1. The van der Waals surface area contributed by atoms with Crippen LogP contribution in [0.25, 0.3) is 0 Å². The second kappa shape index (κ2) is 7.31. The van der Waals surface area contributed by atoms with Gasteiger partial charge in [0, 0.05) is 19.6 Å². The number of amides is 3. The molecule has 7 heteroatoms.